The largest absolute Gasteiger partial charge is 0.361 e. The zero-order valence-corrected chi connectivity index (χ0v) is 10.7. The lowest BCUT2D eigenvalue weighted by atomic mass is 9.93. The van der Waals surface area contributed by atoms with Gasteiger partial charge in [-0.05, 0) is 44.4 Å². The normalized spacial score (nSPS) is 12.9. The highest BCUT2D eigenvalue weighted by molar-refractivity contribution is 5.85. The Kier molecular flexibility index (Phi) is 3.32. The van der Waals surface area contributed by atoms with E-state index in [4.69, 9.17) is 0 Å². The number of nitrogens with one attached hydrogen (secondary N) is 1. The minimum absolute atomic E-state index is 0.148. The minimum atomic E-state index is 0.148. The van der Waals surface area contributed by atoms with Crippen LogP contribution in [0.2, 0.25) is 0 Å². The number of aromatic nitrogens is 1. The van der Waals surface area contributed by atoms with Gasteiger partial charge in [0, 0.05) is 23.0 Å². The number of hydrogen-bond acceptors (Lipinski definition) is 1. The van der Waals surface area contributed by atoms with Gasteiger partial charge in [0.05, 0.1) is 0 Å². The lowest BCUT2D eigenvalue weighted by Gasteiger charge is -2.10. The number of H-pyrrole nitrogens is 1. The summed E-state index contributed by atoms with van der Waals surface area (Å²) in [5.41, 5.74) is 3.67. The van der Waals surface area contributed by atoms with Crippen molar-refractivity contribution in [3.05, 3.63) is 35.5 Å². The summed E-state index contributed by atoms with van der Waals surface area (Å²) in [6.45, 7) is 5.86. The first-order chi connectivity index (χ1) is 8.11. The number of aromatic amines is 1. The van der Waals surface area contributed by atoms with Crippen molar-refractivity contribution in [3.8, 4) is 0 Å². The van der Waals surface area contributed by atoms with Crippen LogP contribution >= 0.6 is 0 Å². The Hall–Kier alpha value is -1.57. The maximum Gasteiger partial charge on any atom is 0.133 e. The third kappa shape index (κ3) is 2.41. The SMILES string of the molecule is CC[C@@H](Cc1c[nH]c2ccc(C)cc12)C(C)=O. The van der Waals surface area contributed by atoms with Gasteiger partial charge in [-0.15, -0.1) is 0 Å². The number of hydrogen-bond donors (Lipinski definition) is 1. The molecular formula is C15H19NO. The first-order valence-electron chi connectivity index (χ1n) is 6.19. The van der Waals surface area contributed by atoms with Crippen LogP contribution in [-0.2, 0) is 11.2 Å². The molecule has 0 spiro atoms. The molecule has 17 heavy (non-hydrogen) atoms. The van der Waals surface area contributed by atoms with Gasteiger partial charge in [-0.2, -0.15) is 0 Å². The molecule has 0 bridgehead atoms. The number of benzene rings is 1. The van der Waals surface area contributed by atoms with Crippen LogP contribution < -0.4 is 0 Å². The number of ketones is 1. The van der Waals surface area contributed by atoms with Gasteiger partial charge in [-0.25, -0.2) is 0 Å². The fraction of sp³-hybridized carbons (Fsp3) is 0.400. The van der Waals surface area contributed by atoms with E-state index in [1.54, 1.807) is 6.92 Å². The average molecular weight is 229 g/mol. The van der Waals surface area contributed by atoms with Crippen LogP contribution in [0.5, 0.6) is 0 Å². The van der Waals surface area contributed by atoms with Gasteiger partial charge in [0.1, 0.15) is 5.78 Å². The van der Waals surface area contributed by atoms with Gasteiger partial charge in [-0.1, -0.05) is 18.6 Å². The monoisotopic (exact) mass is 229 g/mol. The second-order valence-corrected chi connectivity index (χ2v) is 4.78. The molecule has 1 atom stereocenters. The molecule has 1 heterocycles. The van der Waals surface area contributed by atoms with Gasteiger partial charge >= 0.3 is 0 Å². The van der Waals surface area contributed by atoms with E-state index >= 15 is 0 Å². The Morgan fingerprint density at radius 2 is 2.18 bits per heavy atom. The molecule has 0 fully saturated rings. The molecule has 1 aromatic carbocycles. The molecule has 0 aliphatic heterocycles. The molecule has 0 aliphatic carbocycles. The first kappa shape index (κ1) is 11.9. The van der Waals surface area contributed by atoms with E-state index in [9.17, 15) is 4.79 Å². The number of fused-ring (bicyclic) bond motifs is 1. The molecule has 0 amide bonds. The van der Waals surface area contributed by atoms with E-state index < -0.39 is 0 Å². The molecule has 2 rings (SSSR count). The Morgan fingerprint density at radius 3 is 2.82 bits per heavy atom. The third-order valence-electron chi connectivity index (χ3n) is 3.46. The minimum Gasteiger partial charge on any atom is -0.361 e. The van der Waals surface area contributed by atoms with Crippen molar-refractivity contribution < 1.29 is 4.79 Å². The highest BCUT2D eigenvalue weighted by Gasteiger charge is 2.14. The third-order valence-corrected chi connectivity index (χ3v) is 3.46. The van der Waals surface area contributed by atoms with Gasteiger partial charge in [0.2, 0.25) is 0 Å². The van der Waals surface area contributed by atoms with E-state index in [-0.39, 0.29) is 11.7 Å². The number of aryl methyl sites for hydroxylation is 1. The van der Waals surface area contributed by atoms with Gasteiger partial charge < -0.3 is 4.98 Å². The summed E-state index contributed by atoms with van der Waals surface area (Å²) < 4.78 is 0. The van der Waals surface area contributed by atoms with Crippen LogP contribution in [0.3, 0.4) is 0 Å². The number of carbonyl (C=O) groups excluding carboxylic acids is 1. The number of rotatable bonds is 4. The van der Waals surface area contributed by atoms with Crippen LogP contribution in [-0.4, -0.2) is 10.8 Å². The second-order valence-electron chi connectivity index (χ2n) is 4.78. The van der Waals surface area contributed by atoms with Crippen molar-refractivity contribution in [2.24, 2.45) is 5.92 Å². The van der Waals surface area contributed by atoms with E-state index in [1.807, 2.05) is 6.20 Å². The quantitative estimate of drug-likeness (QED) is 0.853. The van der Waals surface area contributed by atoms with Crippen molar-refractivity contribution in [1.82, 2.24) is 4.98 Å². The average Bonchev–Trinajstić information content (AvgIpc) is 2.68. The topological polar surface area (TPSA) is 32.9 Å². The van der Waals surface area contributed by atoms with Gasteiger partial charge in [0.25, 0.3) is 0 Å². The zero-order valence-electron chi connectivity index (χ0n) is 10.7. The van der Waals surface area contributed by atoms with E-state index in [1.165, 1.54) is 16.5 Å². The highest BCUT2D eigenvalue weighted by Crippen LogP contribution is 2.23. The fourth-order valence-corrected chi connectivity index (χ4v) is 2.30. The smallest absolute Gasteiger partial charge is 0.133 e. The molecule has 0 radical (unpaired) electrons. The molecule has 2 nitrogen and oxygen atoms in total. The zero-order chi connectivity index (χ0) is 12.4. The van der Waals surface area contributed by atoms with Crippen LogP contribution in [0.4, 0.5) is 0 Å². The number of Topliss-reactive ketones (excluding diaryl/α,β-unsaturated/α-hetero) is 1. The second kappa shape index (κ2) is 4.74. The Bertz CT molecular complexity index is 539. The molecule has 1 aromatic heterocycles. The highest BCUT2D eigenvalue weighted by atomic mass is 16.1. The summed E-state index contributed by atoms with van der Waals surface area (Å²) in [6, 6.07) is 6.39. The lowest BCUT2D eigenvalue weighted by molar-refractivity contribution is -0.120. The Labute approximate surface area is 102 Å². The summed E-state index contributed by atoms with van der Waals surface area (Å²) in [6.07, 6.45) is 3.79. The molecule has 0 aliphatic rings. The van der Waals surface area contributed by atoms with E-state index in [2.05, 4.69) is 37.0 Å². The molecule has 1 N–H and O–H groups in total. The summed E-state index contributed by atoms with van der Waals surface area (Å²) in [7, 11) is 0. The predicted molar refractivity (Wildman–Crippen MR) is 71.2 cm³/mol. The molecule has 0 saturated heterocycles. The van der Waals surface area contributed by atoms with Crippen LogP contribution in [0, 0.1) is 12.8 Å². The van der Waals surface area contributed by atoms with Gasteiger partial charge in [0.15, 0.2) is 0 Å². The standard InChI is InChI=1S/C15H19NO/c1-4-12(11(3)17)8-13-9-16-15-6-5-10(2)7-14(13)15/h5-7,9,12,16H,4,8H2,1-3H3/t12-/m0/s1. The molecule has 2 heteroatoms. The fourth-order valence-electron chi connectivity index (χ4n) is 2.30. The maximum atomic E-state index is 11.5. The molecule has 0 unspecified atom stereocenters. The van der Waals surface area contributed by atoms with Crippen molar-refractivity contribution in [1.29, 1.82) is 0 Å². The maximum absolute atomic E-state index is 11.5. The summed E-state index contributed by atoms with van der Waals surface area (Å²) in [4.78, 5) is 14.8. The van der Waals surface area contributed by atoms with Crippen molar-refractivity contribution in [2.75, 3.05) is 0 Å². The van der Waals surface area contributed by atoms with Crippen LogP contribution in [0.15, 0.2) is 24.4 Å². The Balaban J connectivity index is 2.35. The van der Waals surface area contributed by atoms with Crippen molar-refractivity contribution >= 4 is 16.7 Å². The lowest BCUT2D eigenvalue weighted by Crippen LogP contribution is -2.12. The molecule has 2 aromatic rings. The molecule has 90 valence electrons. The van der Waals surface area contributed by atoms with Crippen LogP contribution in [0.25, 0.3) is 10.9 Å². The van der Waals surface area contributed by atoms with Crippen molar-refractivity contribution in [2.45, 2.75) is 33.6 Å². The van der Waals surface area contributed by atoms with Crippen LogP contribution in [0.1, 0.15) is 31.4 Å². The summed E-state index contributed by atoms with van der Waals surface area (Å²) in [5.74, 6) is 0.434. The summed E-state index contributed by atoms with van der Waals surface area (Å²) in [5, 5.41) is 1.25. The van der Waals surface area contributed by atoms with Gasteiger partial charge in [-0.3, -0.25) is 4.79 Å². The first-order valence-corrected chi connectivity index (χ1v) is 6.19. The number of carbonyl (C=O) groups is 1. The predicted octanol–water partition coefficient (Wildman–Crippen LogP) is 3.63. The Morgan fingerprint density at radius 1 is 1.41 bits per heavy atom. The van der Waals surface area contributed by atoms with E-state index in [0.29, 0.717) is 0 Å². The molecule has 0 saturated carbocycles. The molecular weight excluding hydrogens is 210 g/mol. The van der Waals surface area contributed by atoms with Crippen molar-refractivity contribution in [3.63, 3.8) is 0 Å². The summed E-state index contributed by atoms with van der Waals surface area (Å²) >= 11 is 0. The van der Waals surface area contributed by atoms with E-state index in [0.717, 1.165) is 18.4 Å².